The SMILES string of the molecule is C[C@H](Cc1ccc(S(=O)(=O)c2ccc(O)c(C(=O)O)c2)cc1)N(C[C@H](O)c1ccccc1)C(=O)OC(C)(C)C. The summed E-state index contributed by atoms with van der Waals surface area (Å²) >= 11 is 0. The average Bonchev–Trinajstić information content (AvgIpc) is 2.86. The quantitative estimate of drug-likeness (QED) is 0.341. The van der Waals surface area contributed by atoms with Gasteiger partial charge in [-0.1, -0.05) is 42.5 Å². The number of rotatable bonds is 9. The van der Waals surface area contributed by atoms with Crippen LogP contribution in [0.25, 0.3) is 0 Å². The molecule has 0 aliphatic carbocycles. The maximum Gasteiger partial charge on any atom is 0.410 e. The van der Waals surface area contributed by atoms with Crippen LogP contribution in [-0.2, 0) is 21.0 Å². The van der Waals surface area contributed by atoms with Gasteiger partial charge in [0.05, 0.1) is 22.4 Å². The first-order valence-corrected chi connectivity index (χ1v) is 13.8. The molecule has 10 heteroatoms. The molecule has 0 fully saturated rings. The fourth-order valence-corrected chi connectivity index (χ4v) is 5.25. The summed E-state index contributed by atoms with van der Waals surface area (Å²) in [5.41, 5.74) is 0.146. The molecule has 208 valence electrons. The van der Waals surface area contributed by atoms with Crippen molar-refractivity contribution in [2.75, 3.05) is 6.54 Å². The number of aliphatic hydroxyl groups is 1. The molecule has 3 rings (SSSR count). The highest BCUT2D eigenvalue weighted by Crippen LogP contribution is 2.27. The molecule has 0 spiro atoms. The van der Waals surface area contributed by atoms with E-state index >= 15 is 0 Å². The molecular formula is C29H33NO8S. The Morgan fingerprint density at radius 1 is 0.949 bits per heavy atom. The number of benzene rings is 3. The molecule has 0 saturated carbocycles. The lowest BCUT2D eigenvalue weighted by atomic mass is 10.0. The van der Waals surface area contributed by atoms with E-state index in [4.69, 9.17) is 4.74 Å². The summed E-state index contributed by atoms with van der Waals surface area (Å²) in [4.78, 5) is 25.5. The summed E-state index contributed by atoms with van der Waals surface area (Å²) in [6.45, 7) is 7.09. The Balaban J connectivity index is 1.82. The van der Waals surface area contributed by atoms with Gasteiger partial charge in [-0.05, 0) is 75.6 Å². The minimum absolute atomic E-state index is 0.000675. The third-order valence-electron chi connectivity index (χ3n) is 5.99. The Bertz CT molecular complexity index is 1410. The third-order valence-corrected chi connectivity index (χ3v) is 7.75. The number of amides is 1. The van der Waals surface area contributed by atoms with E-state index in [1.807, 2.05) is 13.0 Å². The standard InChI is InChI=1S/C29H33NO8S/c1-19(30(28(35)38-29(2,3)4)18-26(32)21-8-6-5-7-9-21)16-20-10-12-22(13-11-20)39(36,37)23-14-15-25(31)24(17-23)27(33)34/h5-15,17,19,26,31-32H,16,18H2,1-4H3,(H,33,34)/t19-,26+/m1/s1. The fraction of sp³-hybridized carbons (Fsp3) is 0.310. The second-order valence-electron chi connectivity index (χ2n) is 10.2. The van der Waals surface area contributed by atoms with Crippen molar-refractivity contribution in [2.24, 2.45) is 0 Å². The minimum Gasteiger partial charge on any atom is -0.507 e. The van der Waals surface area contributed by atoms with Crippen molar-refractivity contribution in [1.29, 1.82) is 0 Å². The Kier molecular flexibility index (Phi) is 9.03. The van der Waals surface area contributed by atoms with Gasteiger partial charge in [-0.15, -0.1) is 0 Å². The van der Waals surface area contributed by atoms with Crippen LogP contribution < -0.4 is 0 Å². The van der Waals surface area contributed by atoms with Crippen LogP contribution in [0.3, 0.4) is 0 Å². The number of carboxylic acids is 1. The first-order chi connectivity index (χ1) is 18.2. The first kappa shape index (κ1) is 29.7. The second kappa shape index (κ2) is 11.9. The number of ether oxygens (including phenoxy) is 1. The number of carbonyl (C=O) groups is 2. The topological polar surface area (TPSA) is 141 Å². The molecule has 39 heavy (non-hydrogen) atoms. The molecule has 2 atom stereocenters. The van der Waals surface area contributed by atoms with Gasteiger partial charge in [0.1, 0.15) is 16.9 Å². The van der Waals surface area contributed by atoms with E-state index in [0.29, 0.717) is 12.0 Å². The van der Waals surface area contributed by atoms with Gasteiger partial charge in [0.25, 0.3) is 0 Å². The Labute approximate surface area is 228 Å². The predicted octanol–water partition coefficient (Wildman–Crippen LogP) is 4.82. The van der Waals surface area contributed by atoms with Crippen LogP contribution in [0.5, 0.6) is 5.75 Å². The molecule has 0 saturated heterocycles. The number of hydrogen-bond acceptors (Lipinski definition) is 7. The van der Waals surface area contributed by atoms with Gasteiger partial charge < -0.3 is 25.0 Å². The highest BCUT2D eigenvalue weighted by molar-refractivity contribution is 7.91. The number of hydrogen-bond donors (Lipinski definition) is 3. The number of aliphatic hydroxyl groups excluding tert-OH is 1. The molecule has 0 aliphatic rings. The van der Waals surface area contributed by atoms with Crippen LogP contribution in [0.1, 0.15) is 55.3 Å². The van der Waals surface area contributed by atoms with Crippen molar-refractivity contribution in [3.63, 3.8) is 0 Å². The molecule has 3 N–H and O–H groups in total. The molecule has 0 aromatic heterocycles. The Morgan fingerprint density at radius 2 is 1.54 bits per heavy atom. The summed E-state index contributed by atoms with van der Waals surface area (Å²) in [6.07, 6.45) is -1.16. The number of carbonyl (C=O) groups excluding carboxylic acids is 1. The lowest BCUT2D eigenvalue weighted by Crippen LogP contribution is -2.45. The Morgan fingerprint density at radius 3 is 2.10 bits per heavy atom. The number of sulfone groups is 1. The van der Waals surface area contributed by atoms with E-state index in [9.17, 15) is 33.3 Å². The van der Waals surface area contributed by atoms with Crippen molar-refractivity contribution in [3.8, 4) is 5.75 Å². The van der Waals surface area contributed by atoms with Crippen molar-refractivity contribution >= 4 is 21.9 Å². The number of nitrogens with zero attached hydrogens (tertiary/aromatic N) is 1. The monoisotopic (exact) mass is 555 g/mol. The molecule has 1 amide bonds. The molecule has 0 radical (unpaired) electrons. The smallest absolute Gasteiger partial charge is 0.410 e. The zero-order chi connectivity index (χ0) is 29.0. The van der Waals surface area contributed by atoms with E-state index in [-0.39, 0.29) is 16.3 Å². The summed E-state index contributed by atoms with van der Waals surface area (Å²) < 4.78 is 31.7. The van der Waals surface area contributed by atoms with Crippen LogP contribution in [0, 0.1) is 0 Å². The summed E-state index contributed by atoms with van der Waals surface area (Å²) in [7, 11) is -4.05. The van der Waals surface area contributed by atoms with Gasteiger partial charge in [0.15, 0.2) is 0 Å². The van der Waals surface area contributed by atoms with E-state index in [1.165, 1.54) is 17.0 Å². The largest absolute Gasteiger partial charge is 0.507 e. The van der Waals surface area contributed by atoms with Crippen LogP contribution in [0.15, 0.2) is 82.6 Å². The second-order valence-corrected chi connectivity index (χ2v) is 12.2. The highest BCUT2D eigenvalue weighted by atomic mass is 32.2. The van der Waals surface area contributed by atoms with Crippen molar-refractivity contribution in [2.45, 2.75) is 61.7 Å². The molecular weight excluding hydrogens is 522 g/mol. The number of aromatic carboxylic acids is 1. The van der Waals surface area contributed by atoms with Crippen molar-refractivity contribution in [1.82, 2.24) is 4.90 Å². The zero-order valence-electron chi connectivity index (χ0n) is 22.2. The zero-order valence-corrected chi connectivity index (χ0v) is 23.1. The molecule has 0 unspecified atom stereocenters. The molecule has 0 aliphatic heterocycles. The highest BCUT2D eigenvalue weighted by Gasteiger charge is 2.29. The van der Waals surface area contributed by atoms with Crippen molar-refractivity contribution < 1.29 is 38.1 Å². The van der Waals surface area contributed by atoms with Gasteiger partial charge in [-0.25, -0.2) is 18.0 Å². The van der Waals surface area contributed by atoms with Gasteiger partial charge in [-0.2, -0.15) is 0 Å². The number of phenols is 1. The van der Waals surface area contributed by atoms with Gasteiger partial charge >= 0.3 is 12.1 Å². The molecule has 3 aromatic rings. The summed E-state index contributed by atoms with van der Waals surface area (Å²) in [6, 6.07) is 17.7. The first-order valence-electron chi connectivity index (χ1n) is 12.3. The third kappa shape index (κ3) is 7.58. The molecule has 9 nitrogen and oxygen atoms in total. The molecule has 0 heterocycles. The molecule has 0 bridgehead atoms. The summed E-state index contributed by atoms with van der Waals surface area (Å²) in [5, 5.41) is 29.7. The molecule has 3 aromatic carbocycles. The minimum atomic E-state index is -4.05. The Hall–Kier alpha value is -3.89. The average molecular weight is 556 g/mol. The predicted molar refractivity (Wildman–Crippen MR) is 144 cm³/mol. The van der Waals surface area contributed by atoms with Gasteiger partial charge in [0.2, 0.25) is 9.84 Å². The number of carboxylic acid groups (broad SMARTS) is 1. The normalized spacial score (nSPS) is 13.4. The maximum atomic E-state index is 13.1. The van der Waals surface area contributed by atoms with E-state index in [0.717, 1.165) is 23.8 Å². The summed E-state index contributed by atoms with van der Waals surface area (Å²) in [5.74, 6) is -1.97. The maximum absolute atomic E-state index is 13.1. The van der Waals surface area contributed by atoms with E-state index in [1.54, 1.807) is 57.2 Å². The van der Waals surface area contributed by atoms with Crippen LogP contribution in [0.2, 0.25) is 0 Å². The van der Waals surface area contributed by atoms with Crippen LogP contribution in [0.4, 0.5) is 4.79 Å². The van der Waals surface area contributed by atoms with Crippen molar-refractivity contribution in [3.05, 3.63) is 89.5 Å². The van der Waals surface area contributed by atoms with Gasteiger partial charge in [-0.3, -0.25) is 0 Å². The lowest BCUT2D eigenvalue weighted by Gasteiger charge is -2.33. The number of aromatic hydroxyl groups is 1. The van der Waals surface area contributed by atoms with Crippen LogP contribution in [-0.4, -0.2) is 58.9 Å². The van der Waals surface area contributed by atoms with E-state index in [2.05, 4.69) is 0 Å². The van der Waals surface area contributed by atoms with E-state index < -0.39 is 51.0 Å². The fourth-order valence-electron chi connectivity index (χ4n) is 3.97. The lowest BCUT2D eigenvalue weighted by molar-refractivity contribution is 0.00546. The van der Waals surface area contributed by atoms with Crippen LogP contribution >= 0.6 is 0 Å². The van der Waals surface area contributed by atoms with Gasteiger partial charge in [0, 0.05) is 6.04 Å².